The number of hydrogen-bond donors (Lipinski definition) is 1. The SMILES string of the molecule is COc1cc(N2CCN(C(=O)CCl)CC2)ccc1Cl.COc1cc(N2CCN(C(=O)Cn3nc(-c4cccc(C)n4)c(Br)c3C)CC2)ccc1Cl.Cc1cccc(-c2n[nH]c(C)c2Br)n1. The number of nitrogens with one attached hydrogen (secondary N) is 1. The number of rotatable bonds is 9. The Balaban J connectivity index is 0.000000179. The van der Waals surface area contributed by atoms with E-state index >= 15 is 0 Å². The van der Waals surface area contributed by atoms with Gasteiger partial charge in [0.2, 0.25) is 11.8 Å². The Labute approximate surface area is 411 Å². The summed E-state index contributed by atoms with van der Waals surface area (Å²) in [5, 5.41) is 13.0. The quantitative estimate of drug-likeness (QED) is 0.140. The number of benzene rings is 2. The van der Waals surface area contributed by atoms with Gasteiger partial charge in [0, 0.05) is 92.9 Å². The maximum Gasteiger partial charge on any atom is 0.244 e. The minimum Gasteiger partial charge on any atom is -0.495 e. The van der Waals surface area contributed by atoms with E-state index in [2.05, 4.69) is 66.9 Å². The molecule has 19 heteroatoms. The molecule has 8 rings (SSSR count). The van der Waals surface area contributed by atoms with Crippen molar-refractivity contribution in [2.24, 2.45) is 0 Å². The molecular weight excluding hydrogens is 1020 g/mol. The lowest BCUT2D eigenvalue weighted by Gasteiger charge is -2.36. The first kappa shape index (κ1) is 49.6. The second-order valence-electron chi connectivity index (χ2n) is 15.3. The van der Waals surface area contributed by atoms with Crippen LogP contribution in [0, 0.1) is 27.7 Å². The summed E-state index contributed by atoms with van der Waals surface area (Å²) in [5.74, 6) is 1.42. The van der Waals surface area contributed by atoms with Crippen molar-refractivity contribution in [3.05, 3.63) is 115 Å². The van der Waals surface area contributed by atoms with Crippen LogP contribution >= 0.6 is 66.7 Å². The highest BCUT2D eigenvalue weighted by atomic mass is 79.9. The summed E-state index contributed by atoms with van der Waals surface area (Å²) in [7, 11) is 3.21. The van der Waals surface area contributed by atoms with E-state index in [1.54, 1.807) is 23.8 Å². The molecule has 2 aromatic carbocycles. The van der Waals surface area contributed by atoms with Crippen molar-refractivity contribution >= 4 is 89.9 Å². The van der Waals surface area contributed by atoms with Crippen molar-refractivity contribution in [3.63, 3.8) is 0 Å². The summed E-state index contributed by atoms with van der Waals surface area (Å²) in [6.45, 7) is 13.8. The fourth-order valence-corrected chi connectivity index (χ4v) is 8.63. The lowest BCUT2D eigenvalue weighted by Crippen LogP contribution is -2.49. The molecule has 344 valence electrons. The van der Waals surface area contributed by atoms with Gasteiger partial charge in [-0.1, -0.05) is 35.3 Å². The Kier molecular flexibility index (Phi) is 17.6. The number of aryl methyl sites for hydroxylation is 3. The van der Waals surface area contributed by atoms with Crippen molar-refractivity contribution in [2.45, 2.75) is 34.2 Å². The van der Waals surface area contributed by atoms with Crippen molar-refractivity contribution in [1.82, 2.24) is 39.7 Å². The topological polar surface area (TPSA) is 138 Å². The number of anilines is 2. The van der Waals surface area contributed by atoms with Gasteiger partial charge in [0.1, 0.15) is 35.3 Å². The summed E-state index contributed by atoms with van der Waals surface area (Å²) in [5.41, 5.74) is 9.24. The second-order valence-corrected chi connectivity index (χ2v) is 17.9. The van der Waals surface area contributed by atoms with Gasteiger partial charge >= 0.3 is 0 Å². The van der Waals surface area contributed by atoms with Gasteiger partial charge in [-0.05, 0) is 108 Å². The zero-order valence-corrected chi connectivity index (χ0v) is 42.5. The molecule has 0 radical (unpaired) electrons. The van der Waals surface area contributed by atoms with Crippen LogP contribution in [0.1, 0.15) is 22.8 Å². The van der Waals surface area contributed by atoms with Gasteiger partial charge in [-0.3, -0.25) is 29.3 Å². The number of alkyl halides is 1. The van der Waals surface area contributed by atoms with Gasteiger partial charge in [-0.15, -0.1) is 11.6 Å². The first-order valence-electron chi connectivity index (χ1n) is 20.8. The molecule has 0 saturated carbocycles. The van der Waals surface area contributed by atoms with Gasteiger partial charge < -0.3 is 29.1 Å². The standard InChI is InChI=1S/C23H25BrClN5O2.C13H16Cl2N2O2.C10H10BrN3/c1-15-5-4-6-19(26-15)23-22(24)16(2)30(27-23)14-21(31)29-11-9-28(10-12-29)17-7-8-18(25)20(13-17)32-3;1-19-12-8-10(2-3-11(12)15)16-4-6-17(7-5-16)13(18)9-14;1-6-4-3-5-8(12-6)10-9(11)7(2)13-14-10/h4-8,13H,9-12,14H2,1-3H3;2-3,8H,4-7,9H2,1H3;3-5H,1-2H3,(H,13,14). The molecular formula is C46H51Br2Cl3N10O4. The van der Waals surface area contributed by atoms with Crippen LogP contribution in [0.4, 0.5) is 11.4 Å². The predicted molar refractivity (Wildman–Crippen MR) is 266 cm³/mol. The number of ether oxygens (including phenoxy) is 2. The first-order chi connectivity index (χ1) is 31.2. The fourth-order valence-electron chi connectivity index (χ4n) is 7.21. The van der Waals surface area contributed by atoms with E-state index < -0.39 is 0 Å². The Bertz CT molecular complexity index is 2590. The van der Waals surface area contributed by atoms with E-state index in [9.17, 15) is 9.59 Å². The summed E-state index contributed by atoms with van der Waals surface area (Å²) < 4.78 is 14.1. The van der Waals surface area contributed by atoms with Gasteiger partial charge in [0.15, 0.2) is 0 Å². The summed E-state index contributed by atoms with van der Waals surface area (Å²) in [6.07, 6.45) is 0. The van der Waals surface area contributed by atoms with Crippen LogP contribution < -0.4 is 19.3 Å². The van der Waals surface area contributed by atoms with E-state index in [1.807, 2.05) is 105 Å². The lowest BCUT2D eigenvalue weighted by molar-refractivity contribution is -0.132. The molecule has 1 N–H and O–H groups in total. The maximum absolute atomic E-state index is 13.0. The molecule has 4 aromatic heterocycles. The number of aromatic amines is 1. The maximum atomic E-state index is 13.0. The number of aromatic nitrogens is 6. The third-order valence-corrected chi connectivity index (χ3v) is 13.7. The molecule has 2 aliphatic heterocycles. The van der Waals surface area contributed by atoms with Gasteiger partial charge in [0.05, 0.1) is 50.3 Å². The Morgan fingerprint density at radius 1 is 0.662 bits per heavy atom. The van der Waals surface area contributed by atoms with Crippen molar-refractivity contribution in [3.8, 4) is 34.3 Å². The number of hydrogen-bond acceptors (Lipinski definition) is 10. The zero-order valence-electron chi connectivity index (χ0n) is 37.0. The average Bonchev–Trinajstić information content (AvgIpc) is 3.81. The number of pyridine rings is 2. The van der Waals surface area contributed by atoms with E-state index in [4.69, 9.17) is 44.3 Å². The molecule has 0 spiro atoms. The minimum absolute atomic E-state index is 0.00463. The Hall–Kier alpha value is -4.87. The minimum atomic E-state index is -0.00463. The van der Waals surface area contributed by atoms with Crippen LogP contribution in [0.3, 0.4) is 0 Å². The van der Waals surface area contributed by atoms with Crippen LogP contribution in [-0.2, 0) is 16.1 Å². The average molecular weight is 1070 g/mol. The number of carbonyl (C=O) groups is 2. The normalized spacial score (nSPS) is 13.7. The molecule has 2 saturated heterocycles. The number of H-pyrrole nitrogens is 1. The Morgan fingerprint density at radius 2 is 1.14 bits per heavy atom. The highest BCUT2D eigenvalue weighted by Gasteiger charge is 2.25. The smallest absolute Gasteiger partial charge is 0.244 e. The van der Waals surface area contributed by atoms with Crippen LogP contribution in [0.5, 0.6) is 11.5 Å². The van der Waals surface area contributed by atoms with E-state index in [0.29, 0.717) is 47.7 Å². The van der Waals surface area contributed by atoms with Crippen LogP contribution in [0.2, 0.25) is 10.0 Å². The molecule has 65 heavy (non-hydrogen) atoms. The molecule has 2 fully saturated rings. The monoisotopic (exact) mass is 1070 g/mol. The number of amides is 2. The van der Waals surface area contributed by atoms with Gasteiger partial charge in [-0.25, -0.2) is 0 Å². The lowest BCUT2D eigenvalue weighted by atomic mass is 10.2. The molecule has 6 aromatic rings. The number of nitrogens with zero attached hydrogens (tertiary/aromatic N) is 9. The van der Waals surface area contributed by atoms with Crippen LogP contribution in [0.25, 0.3) is 22.8 Å². The number of piperazine rings is 2. The number of halogens is 5. The molecule has 2 aliphatic rings. The molecule has 0 aliphatic carbocycles. The molecule has 0 atom stereocenters. The zero-order chi connectivity index (χ0) is 46.8. The van der Waals surface area contributed by atoms with Gasteiger partial charge in [0.25, 0.3) is 0 Å². The molecule has 6 heterocycles. The summed E-state index contributed by atoms with van der Waals surface area (Å²) >= 11 is 24.8. The molecule has 0 bridgehead atoms. The summed E-state index contributed by atoms with van der Waals surface area (Å²) in [6, 6.07) is 23.2. The van der Waals surface area contributed by atoms with Crippen molar-refractivity contribution in [2.75, 3.05) is 82.3 Å². The molecule has 14 nitrogen and oxygen atoms in total. The van der Waals surface area contributed by atoms with Gasteiger partial charge in [-0.2, -0.15) is 10.2 Å². The van der Waals surface area contributed by atoms with E-state index in [1.165, 1.54) is 0 Å². The Morgan fingerprint density at radius 3 is 1.57 bits per heavy atom. The third-order valence-electron chi connectivity index (χ3n) is 10.9. The van der Waals surface area contributed by atoms with Crippen LogP contribution in [0.15, 0.2) is 81.7 Å². The first-order valence-corrected chi connectivity index (χ1v) is 23.7. The van der Waals surface area contributed by atoms with E-state index in [-0.39, 0.29) is 24.2 Å². The molecule has 2 amide bonds. The number of carbonyl (C=O) groups excluding carboxylic acids is 2. The summed E-state index contributed by atoms with van der Waals surface area (Å²) in [4.78, 5) is 41.6. The van der Waals surface area contributed by atoms with E-state index in [0.717, 1.165) is 92.1 Å². The predicted octanol–water partition coefficient (Wildman–Crippen LogP) is 9.42. The third kappa shape index (κ3) is 12.5. The second kappa shape index (κ2) is 23.0. The van der Waals surface area contributed by atoms with Crippen molar-refractivity contribution < 1.29 is 19.1 Å². The highest BCUT2D eigenvalue weighted by Crippen LogP contribution is 2.32. The van der Waals surface area contributed by atoms with Crippen LogP contribution in [-0.4, -0.2) is 124 Å². The molecule has 0 unspecified atom stereocenters. The van der Waals surface area contributed by atoms with Crippen molar-refractivity contribution in [1.29, 1.82) is 0 Å². The number of methoxy groups -OCH3 is 2. The highest BCUT2D eigenvalue weighted by molar-refractivity contribution is 9.11. The largest absolute Gasteiger partial charge is 0.495 e. The fraction of sp³-hybridized carbons (Fsp3) is 0.348.